The Hall–Kier alpha value is -1.66. The predicted octanol–water partition coefficient (Wildman–Crippen LogP) is 3.71. The molecule has 0 aliphatic carbocycles. The molecule has 1 atom stereocenters. The normalized spacial score (nSPS) is 19.2. The lowest BCUT2D eigenvalue weighted by Gasteiger charge is -2.22. The second-order valence-electron chi connectivity index (χ2n) is 6.89. The second-order valence-corrected chi connectivity index (χ2v) is 8.78. The van der Waals surface area contributed by atoms with E-state index in [0.717, 1.165) is 30.5 Å². The van der Waals surface area contributed by atoms with Crippen LogP contribution in [0.1, 0.15) is 49.7 Å². The first kappa shape index (κ1) is 17.2. The number of aryl methyl sites for hydroxylation is 1. The molecule has 0 N–H and O–H groups in total. The monoisotopic (exact) mass is 348 g/mol. The van der Waals surface area contributed by atoms with Gasteiger partial charge in [-0.2, -0.15) is 4.31 Å². The molecule has 1 unspecified atom stereocenters. The number of benzene rings is 1. The topological polar surface area (TPSA) is 63.4 Å². The summed E-state index contributed by atoms with van der Waals surface area (Å²) in [7, 11) is -3.53. The molecule has 0 spiro atoms. The van der Waals surface area contributed by atoms with Gasteiger partial charge in [-0.3, -0.25) is 0 Å². The lowest BCUT2D eigenvalue weighted by Crippen LogP contribution is -2.30. The van der Waals surface area contributed by atoms with Gasteiger partial charge in [0.2, 0.25) is 10.0 Å². The van der Waals surface area contributed by atoms with Gasteiger partial charge in [0, 0.05) is 12.6 Å². The summed E-state index contributed by atoms with van der Waals surface area (Å²) in [5.41, 5.74) is 1.93. The molecule has 1 fully saturated rings. The van der Waals surface area contributed by atoms with Gasteiger partial charge < -0.3 is 4.52 Å². The van der Waals surface area contributed by atoms with E-state index in [1.807, 2.05) is 25.1 Å². The third-order valence-electron chi connectivity index (χ3n) is 4.35. The van der Waals surface area contributed by atoms with Crippen molar-refractivity contribution in [2.75, 3.05) is 6.54 Å². The highest BCUT2D eigenvalue weighted by atomic mass is 32.2. The molecular formula is C18H24N2O3S. The summed E-state index contributed by atoms with van der Waals surface area (Å²) in [5.74, 6) is 1.18. The van der Waals surface area contributed by atoms with Crippen molar-refractivity contribution in [3.05, 3.63) is 47.3 Å². The van der Waals surface area contributed by atoms with E-state index < -0.39 is 10.0 Å². The van der Waals surface area contributed by atoms with Crippen molar-refractivity contribution < 1.29 is 12.9 Å². The van der Waals surface area contributed by atoms with E-state index in [2.05, 4.69) is 19.0 Å². The predicted molar refractivity (Wildman–Crippen MR) is 92.1 cm³/mol. The van der Waals surface area contributed by atoms with Gasteiger partial charge in [-0.05, 0) is 49.8 Å². The van der Waals surface area contributed by atoms with Gasteiger partial charge in [0.25, 0.3) is 0 Å². The van der Waals surface area contributed by atoms with Crippen molar-refractivity contribution >= 4 is 10.0 Å². The summed E-state index contributed by atoms with van der Waals surface area (Å²) in [6.45, 7) is 6.66. The minimum Gasteiger partial charge on any atom is -0.359 e. The third kappa shape index (κ3) is 3.39. The number of rotatable bonds is 5. The van der Waals surface area contributed by atoms with Gasteiger partial charge in [0.15, 0.2) is 5.76 Å². The summed E-state index contributed by atoms with van der Waals surface area (Å²) in [6, 6.07) is 8.82. The molecule has 1 aromatic carbocycles. The summed E-state index contributed by atoms with van der Waals surface area (Å²) in [5, 5.41) is 3.89. The van der Waals surface area contributed by atoms with Crippen LogP contribution in [-0.2, 0) is 16.4 Å². The Balaban J connectivity index is 1.86. The van der Waals surface area contributed by atoms with Gasteiger partial charge in [0.1, 0.15) is 0 Å². The van der Waals surface area contributed by atoms with Crippen LogP contribution < -0.4 is 0 Å². The minimum absolute atomic E-state index is 0.258. The molecule has 2 heterocycles. The van der Waals surface area contributed by atoms with E-state index in [1.165, 1.54) is 0 Å². The molecular weight excluding hydrogens is 324 g/mol. The van der Waals surface area contributed by atoms with Crippen LogP contribution in [0.5, 0.6) is 0 Å². The second kappa shape index (κ2) is 6.69. The first-order valence-electron chi connectivity index (χ1n) is 8.42. The zero-order chi connectivity index (χ0) is 17.3. The Morgan fingerprint density at radius 1 is 1.29 bits per heavy atom. The van der Waals surface area contributed by atoms with Crippen LogP contribution in [0.3, 0.4) is 0 Å². The van der Waals surface area contributed by atoms with Crippen LogP contribution in [0.25, 0.3) is 0 Å². The van der Waals surface area contributed by atoms with Crippen molar-refractivity contribution in [3.63, 3.8) is 0 Å². The standard InChI is InChI=1S/C18H24N2O3S/c1-13(2)11-15-6-8-16(9-7-15)24(21,22)20-10-4-5-17(20)18-12-14(3)19-23-18/h6-9,12-13,17H,4-5,10-11H2,1-3H3. The van der Waals surface area contributed by atoms with Gasteiger partial charge in [-0.15, -0.1) is 0 Å². The molecule has 1 aromatic heterocycles. The van der Waals surface area contributed by atoms with Crippen LogP contribution >= 0.6 is 0 Å². The highest BCUT2D eigenvalue weighted by molar-refractivity contribution is 7.89. The van der Waals surface area contributed by atoms with Crippen LogP contribution in [0.2, 0.25) is 0 Å². The van der Waals surface area contributed by atoms with E-state index in [4.69, 9.17) is 4.52 Å². The lowest BCUT2D eigenvalue weighted by atomic mass is 10.0. The first-order valence-corrected chi connectivity index (χ1v) is 9.86. The number of hydrogen-bond acceptors (Lipinski definition) is 4. The Morgan fingerprint density at radius 3 is 2.58 bits per heavy atom. The molecule has 3 rings (SSSR count). The summed E-state index contributed by atoms with van der Waals surface area (Å²) in [6.07, 6.45) is 2.54. The number of hydrogen-bond donors (Lipinski definition) is 0. The van der Waals surface area contributed by atoms with E-state index in [0.29, 0.717) is 23.1 Å². The maximum absolute atomic E-state index is 13.0. The fourth-order valence-corrected chi connectivity index (χ4v) is 4.92. The zero-order valence-electron chi connectivity index (χ0n) is 14.4. The van der Waals surface area contributed by atoms with Gasteiger partial charge in [-0.1, -0.05) is 31.1 Å². The smallest absolute Gasteiger partial charge is 0.243 e. The Labute approximate surface area is 143 Å². The van der Waals surface area contributed by atoms with E-state index in [-0.39, 0.29) is 6.04 Å². The summed E-state index contributed by atoms with van der Waals surface area (Å²) < 4.78 is 32.9. The van der Waals surface area contributed by atoms with E-state index in [9.17, 15) is 8.42 Å². The average Bonchev–Trinajstić information content (AvgIpc) is 3.15. The Bertz CT molecular complexity index is 794. The highest BCUT2D eigenvalue weighted by Crippen LogP contribution is 2.36. The van der Waals surface area contributed by atoms with Crippen molar-refractivity contribution in [3.8, 4) is 0 Å². The van der Waals surface area contributed by atoms with Crippen LogP contribution in [0.4, 0.5) is 0 Å². The molecule has 1 saturated heterocycles. The van der Waals surface area contributed by atoms with Crippen molar-refractivity contribution in [2.24, 2.45) is 5.92 Å². The third-order valence-corrected chi connectivity index (χ3v) is 6.27. The maximum Gasteiger partial charge on any atom is 0.243 e. The maximum atomic E-state index is 13.0. The molecule has 1 aliphatic heterocycles. The molecule has 1 aliphatic rings. The largest absolute Gasteiger partial charge is 0.359 e. The van der Waals surface area contributed by atoms with Gasteiger partial charge >= 0.3 is 0 Å². The summed E-state index contributed by atoms with van der Waals surface area (Å²) >= 11 is 0. The Morgan fingerprint density at radius 2 is 2.00 bits per heavy atom. The quantitative estimate of drug-likeness (QED) is 0.826. The fourth-order valence-electron chi connectivity index (χ4n) is 3.26. The molecule has 24 heavy (non-hydrogen) atoms. The minimum atomic E-state index is -3.53. The van der Waals surface area contributed by atoms with E-state index in [1.54, 1.807) is 16.4 Å². The van der Waals surface area contributed by atoms with E-state index >= 15 is 0 Å². The van der Waals surface area contributed by atoms with Gasteiger partial charge in [0.05, 0.1) is 16.6 Å². The molecule has 0 bridgehead atoms. The number of aromatic nitrogens is 1. The highest BCUT2D eigenvalue weighted by Gasteiger charge is 2.38. The molecule has 0 radical (unpaired) electrons. The molecule has 0 amide bonds. The number of nitrogens with zero attached hydrogens (tertiary/aromatic N) is 2. The molecule has 6 heteroatoms. The zero-order valence-corrected chi connectivity index (χ0v) is 15.2. The molecule has 2 aromatic rings. The van der Waals surface area contributed by atoms with Crippen molar-refractivity contribution in [1.29, 1.82) is 0 Å². The van der Waals surface area contributed by atoms with Crippen molar-refractivity contribution in [2.45, 2.75) is 51.0 Å². The Kier molecular flexibility index (Phi) is 4.78. The number of sulfonamides is 1. The molecule has 5 nitrogen and oxygen atoms in total. The fraction of sp³-hybridized carbons (Fsp3) is 0.500. The van der Waals surface area contributed by atoms with Crippen LogP contribution in [-0.4, -0.2) is 24.4 Å². The summed E-state index contributed by atoms with van der Waals surface area (Å²) in [4.78, 5) is 0.346. The lowest BCUT2D eigenvalue weighted by molar-refractivity contribution is 0.297. The average molecular weight is 348 g/mol. The van der Waals surface area contributed by atoms with Crippen LogP contribution in [0, 0.1) is 12.8 Å². The van der Waals surface area contributed by atoms with Gasteiger partial charge in [-0.25, -0.2) is 8.42 Å². The van der Waals surface area contributed by atoms with Crippen molar-refractivity contribution in [1.82, 2.24) is 9.46 Å². The van der Waals surface area contributed by atoms with Crippen LogP contribution in [0.15, 0.2) is 39.8 Å². The molecule has 130 valence electrons. The SMILES string of the molecule is Cc1cc(C2CCCN2S(=O)(=O)c2ccc(CC(C)C)cc2)on1. The first-order chi connectivity index (χ1) is 11.4. The molecule has 0 saturated carbocycles.